The van der Waals surface area contributed by atoms with Crippen LogP contribution < -0.4 is 24.8 Å². The van der Waals surface area contributed by atoms with Gasteiger partial charge in [-0.05, 0) is 55.2 Å². The van der Waals surface area contributed by atoms with Crippen molar-refractivity contribution in [3.8, 4) is 17.2 Å². The summed E-state index contributed by atoms with van der Waals surface area (Å²) < 4.78 is 28.9. The number of hydrogen-bond donors (Lipinski definition) is 2. The minimum absolute atomic E-state index is 0.212. The van der Waals surface area contributed by atoms with Gasteiger partial charge in [0.15, 0.2) is 11.5 Å². The average Bonchev–Trinajstić information content (AvgIpc) is 2.83. The molecule has 2 aromatic rings. The molecule has 0 saturated carbocycles. The lowest BCUT2D eigenvalue weighted by Crippen LogP contribution is -2.43. The van der Waals surface area contributed by atoms with Crippen LogP contribution in [0.15, 0.2) is 36.4 Å². The molecule has 0 radical (unpaired) electrons. The number of amides is 3. The molecule has 1 heterocycles. The monoisotopic (exact) mass is 445 g/mol. The molecule has 0 aromatic heterocycles. The lowest BCUT2D eigenvalue weighted by molar-refractivity contribution is 0.0938. The smallest absolute Gasteiger partial charge is 0.321 e. The van der Waals surface area contributed by atoms with Crippen LogP contribution in [0.4, 0.5) is 14.9 Å². The summed E-state index contributed by atoms with van der Waals surface area (Å²) in [6, 6.07) is 8.67. The Hall–Kier alpha value is -3.49. The van der Waals surface area contributed by atoms with Crippen molar-refractivity contribution in [2.24, 2.45) is 5.92 Å². The molecule has 0 spiro atoms. The Morgan fingerprint density at radius 3 is 2.12 bits per heavy atom. The largest absolute Gasteiger partial charge is 0.493 e. The van der Waals surface area contributed by atoms with Gasteiger partial charge < -0.3 is 29.7 Å². The Bertz CT molecular complexity index is 918. The van der Waals surface area contributed by atoms with Crippen LogP contribution >= 0.6 is 0 Å². The highest BCUT2D eigenvalue weighted by atomic mass is 19.1. The lowest BCUT2D eigenvalue weighted by atomic mass is 9.97. The van der Waals surface area contributed by atoms with Crippen molar-refractivity contribution >= 4 is 17.6 Å². The number of rotatable bonds is 7. The molecule has 172 valence electrons. The molecule has 1 aliphatic heterocycles. The highest BCUT2D eigenvalue weighted by molar-refractivity contribution is 5.95. The molecule has 32 heavy (non-hydrogen) atoms. The zero-order valence-corrected chi connectivity index (χ0v) is 18.4. The van der Waals surface area contributed by atoms with E-state index in [4.69, 9.17) is 14.2 Å². The summed E-state index contributed by atoms with van der Waals surface area (Å²) in [6.07, 6.45) is 1.54. The molecule has 1 fully saturated rings. The minimum atomic E-state index is -0.350. The van der Waals surface area contributed by atoms with Crippen molar-refractivity contribution in [3.63, 3.8) is 0 Å². The van der Waals surface area contributed by atoms with Crippen LogP contribution in [-0.4, -0.2) is 57.8 Å². The minimum Gasteiger partial charge on any atom is -0.493 e. The maximum atomic E-state index is 13.0. The Balaban J connectivity index is 1.50. The van der Waals surface area contributed by atoms with Gasteiger partial charge in [-0.2, -0.15) is 0 Å². The Kier molecular flexibility index (Phi) is 7.75. The predicted octanol–water partition coefficient (Wildman–Crippen LogP) is 3.53. The van der Waals surface area contributed by atoms with E-state index in [0.29, 0.717) is 48.1 Å². The molecule has 0 bridgehead atoms. The highest BCUT2D eigenvalue weighted by Gasteiger charge is 2.24. The van der Waals surface area contributed by atoms with Gasteiger partial charge in [0, 0.05) is 30.9 Å². The van der Waals surface area contributed by atoms with Gasteiger partial charge >= 0.3 is 6.03 Å². The molecule has 2 N–H and O–H groups in total. The number of methoxy groups -OCH3 is 3. The second kappa shape index (κ2) is 10.7. The van der Waals surface area contributed by atoms with E-state index in [-0.39, 0.29) is 23.7 Å². The van der Waals surface area contributed by atoms with Crippen molar-refractivity contribution in [3.05, 3.63) is 47.8 Å². The van der Waals surface area contributed by atoms with E-state index in [2.05, 4.69) is 10.6 Å². The zero-order chi connectivity index (χ0) is 23.1. The molecule has 0 atom stereocenters. The molecule has 3 rings (SSSR count). The second-order valence-electron chi connectivity index (χ2n) is 7.49. The van der Waals surface area contributed by atoms with E-state index in [0.717, 1.165) is 12.8 Å². The van der Waals surface area contributed by atoms with Gasteiger partial charge in [-0.1, -0.05) is 0 Å². The van der Waals surface area contributed by atoms with Crippen molar-refractivity contribution in [2.45, 2.75) is 12.8 Å². The van der Waals surface area contributed by atoms with E-state index in [9.17, 15) is 14.0 Å². The van der Waals surface area contributed by atoms with Gasteiger partial charge in [0.25, 0.3) is 5.91 Å². The normalized spacial score (nSPS) is 13.9. The van der Waals surface area contributed by atoms with Crippen LogP contribution in [0.2, 0.25) is 0 Å². The zero-order valence-electron chi connectivity index (χ0n) is 18.4. The fourth-order valence-electron chi connectivity index (χ4n) is 3.63. The van der Waals surface area contributed by atoms with E-state index in [1.165, 1.54) is 45.6 Å². The fraction of sp³-hybridized carbons (Fsp3) is 0.391. The molecular weight excluding hydrogens is 417 g/mol. The van der Waals surface area contributed by atoms with Gasteiger partial charge in [0.1, 0.15) is 5.82 Å². The topological polar surface area (TPSA) is 89.1 Å². The number of likely N-dealkylation sites (tertiary alicyclic amines) is 1. The first-order valence-corrected chi connectivity index (χ1v) is 10.3. The number of ether oxygens (including phenoxy) is 3. The third-order valence-electron chi connectivity index (χ3n) is 5.48. The molecule has 3 amide bonds. The molecular formula is C23H28FN3O5. The fourth-order valence-corrected chi connectivity index (χ4v) is 3.63. The summed E-state index contributed by atoms with van der Waals surface area (Å²) in [5, 5.41) is 5.73. The van der Waals surface area contributed by atoms with Crippen LogP contribution in [0.25, 0.3) is 0 Å². The Morgan fingerprint density at radius 2 is 1.59 bits per heavy atom. The number of nitrogens with zero attached hydrogens (tertiary/aromatic N) is 1. The van der Waals surface area contributed by atoms with E-state index < -0.39 is 0 Å². The van der Waals surface area contributed by atoms with E-state index in [1.54, 1.807) is 17.0 Å². The summed E-state index contributed by atoms with van der Waals surface area (Å²) in [4.78, 5) is 26.8. The van der Waals surface area contributed by atoms with E-state index >= 15 is 0 Å². The standard InChI is InChI=1S/C23H28FN3O5/c1-30-19-12-16(13-20(31-2)21(19)32-3)22(28)25-14-15-8-10-27(11-9-15)23(29)26-18-6-4-17(24)5-7-18/h4-7,12-13,15H,8-11,14H2,1-3H3,(H,25,28)(H,26,29). The summed E-state index contributed by atoms with van der Waals surface area (Å²) >= 11 is 0. The van der Waals surface area contributed by atoms with Crippen molar-refractivity contribution < 1.29 is 28.2 Å². The first-order valence-electron chi connectivity index (χ1n) is 10.3. The highest BCUT2D eigenvalue weighted by Crippen LogP contribution is 2.38. The van der Waals surface area contributed by atoms with Crippen LogP contribution in [0, 0.1) is 11.7 Å². The van der Waals surface area contributed by atoms with Gasteiger partial charge in [0.05, 0.1) is 21.3 Å². The lowest BCUT2D eigenvalue weighted by Gasteiger charge is -2.32. The first kappa shape index (κ1) is 23.2. The number of piperidine rings is 1. The average molecular weight is 445 g/mol. The number of carbonyl (C=O) groups excluding carboxylic acids is 2. The number of anilines is 1. The van der Waals surface area contributed by atoms with Crippen LogP contribution in [-0.2, 0) is 0 Å². The van der Waals surface area contributed by atoms with E-state index in [1.807, 2.05) is 0 Å². The predicted molar refractivity (Wildman–Crippen MR) is 118 cm³/mol. The van der Waals surface area contributed by atoms with Crippen molar-refractivity contribution in [1.29, 1.82) is 0 Å². The maximum Gasteiger partial charge on any atom is 0.321 e. The van der Waals surface area contributed by atoms with Crippen molar-refractivity contribution in [2.75, 3.05) is 46.3 Å². The van der Waals surface area contributed by atoms with Gasteiger partial charge in [-0.25, -0.2) is 9.18 Å². The number of urea groups is 1. The third kappa shape index (κ3) is 5.60. The molecule has 2 aromatic carbocycles. The van der Waals surface area contributed by atoms with Crippen LogP contribution in [0.3, 0.4) is 0 Å². The summed E-state index contributed by atoms with van der Waals surface area (Å²) in [7, 11) is 4.50. The molecule has 1 aliphatic rings. The van der Waals surface area contributed by atoms with Gasteiger partial charge in [-0.3, -0.25) is 4.79 Å². The molecule has 0 unspecified atom stereocenters. The summed E-state index contributed by atoms with van der Waals surface area (Å²) in [5.41, 5.74) is 0.965. The molecule has 0 aliphatic carbocycles. The number of carbonyl (C=O) groups is 2. The number of hydrogen-bond acceptors (Lipinski definition) is 5. The Labute approximate surface area is 186 Å². The quantitative estimate of drug-likeness (QED) is 0.681. The molecule has 9 heteroatoms. The van der Waals surface area contributed by atoms with Crippen molar-refractivity contribution in [1.82, 2.24) is 10.2 Å². The Morgan fingerprint density at radius 1 is 1.00 bits per heavy atom. The summed E-state index contributed by atoms with van der Waals surface area (Å²) in [5.74, 6) is 0.932. The van der Waals surface area contributed by atoms with Crippen LogP contribution in [0.5, 0.6) is 17.2 Å². The van der Waals surface area contributed by atoms with Gasteiger partial charge in [0.2, 0.25) is 5.75 Å². The van der Waals surface area contributed by atoms with Gasteiger partial charge in [-0.15, -0.1) is 0 Å². The number of nitrogens with one attached hydrogen (secondary N) is 2. The summed E-state index contributed by atoms with van der Waals surface area (Å²) in [6.45, 7) is 1.67. The maximum absolute atomic E-state index is 13.0. The number of halogens is 1. The van der Waals surface area contributed by atoms with Crippen LogP contribution in [0.1, 0.15) is 23.2 Å². The second-order valence-corrected chi connectivity index (χ2v) is 7.49. The SMILES string of the molecule is COc1cc(C(=O)NCC2CCN(C(=O)Nc3ccc(F)cc3)CC2)cc(OC)c1OC. The molecule has 1 saturated heterocycles. The number of benzene rings is 2. The molecule has 8 nitrogen and oxygen atoms in total. The third-order valence-corrected chi connectivity index (χ3v) is 5.48. The first-order chi connectivity index (χ1) is 15.4.